The van der Waals surface area contributed by atoms with Gasteiger partial charge in [-0.05, 0) is 12.8 Å². The minimum Gasteiger partial charge on any atom is -0.512 e. The number of carbonyl (C=O) groups excluding carboxylic acids is 1. The van der Waals surface area contributed by atoms with Crippen molar-refractivity contribution >= 4 is 23.9 Å². The zero-order valence-corrected chi connectivity index (χ0v) is 10.2. The third-order valence-corrected chi connectivity index (χ3v) is 2.73. The molecule has 7 heteroatoms. The summed E-state index contributed by atoms with van der Waals surface area (Å²) >= 11 is 0. The molecule has 0 bridgehead atoms. The molecule has 104 valence electrons. The van der Waals surface area contributed by atoms with E-state index in [4.69, 9.17) is 10.2 Å². The number of carboxylic acid groups (broad SMARTS) is 2. The molecule has 0 heterocycles. The Bertz CT molecular complexity index is 451. The van der Waals surface area contributed by atoms with Crippen LogP contribution < -0.4 is 0 Å². The first-order valence-electron chi connectivity index (χ1n) is 5.85. The minimum atomic E-state index is -1.26. The van der Waals surface area contributed by atoms with E-state index in [1.165, 1.54) is 0 Å². The highest BCUT2D eigenvalue weighted by Crippen LogP contribution is 2.18. The first-order valence-corrected chi connectivity index (χ1v) is 5.85. The first kappa shape index (κ1) is 14.9. The Balaban J connectivity index is 2.77. The normalized spacial score (nSPS) is 17.8. The molecule has 0 aliphatic heterocycles. The summed E-state index contributed by atoms with van der Waals surface area (Å²) in [6.07, 6.45) is 1.76. The zero-order chi connectivity index (χ0) is 14.4. The molecule has 0 fully saturated rings. The molecule has 3 N–H and O–H groups in total. The number of rotatable bonds is 6. The molecule has 0 aromatic rings. The minimum absolute atomic E-state index is 0.0211. The van der Waals surface area contributed by atoms with Crippen LogP contribution in [0.25, 0.3) is 0 Å². The second-order valence-corrected chi connectivity index (χ2v) is 4.20. The van der Waals surface area contributed by atoms with Gasteiger partial charge in [0.15, 0.2) is 5.78 Å². The second kappa shape index (κ2) is 6.67. The standard InChI is InChI=1S/C12H15NO6/c14-9-2-1-3-10(15)7(9)6-13-8(12(18)19)4-5-11(16)17/h6,8,14H,1-5H2,(H,16,17)(H,18,19)/t8-/m0/s1. The third-order valence-electron chi connectivity index (χ3n) is 2.73. The van der Waals surface area contributed by atoms with Crippen molar-refractivity contribution in [2.45, 2.75) is 38.1 Å². The number of carbonyl (C=O) groups is 3. The lowest BCUT2D eigenvalue weighted by Gasteiger charge is -2.12. The molecule has 0 amide bonds. The molecule has 1 aliphatic carbocycles. The van der Waals surface area contributed by atoms with Gasteiger partial charge in [0.2, 0.25) is 0 Å². The molecule has 1 aliphatic rings. The van der Waals surface area contributed by atoms with Crippen LogP contribution in [0.4, 0.5) is 0 Å². The van der Waals surface area contributed by atoms with Crippen LogP contribution in [0, 0.1) is 0 Å². The molecule has 7 nitrogen and oxygen atoms in total. The lowest BCUT2D eigenvalue weighted by atomic mass is 9.97. The van der Waals surface area contributed by atoms with Crippen LogP contribution in [-0.4, -0.2) is 45.3 Å². The van der Waals surface area contributed by atoms with Gasteiger partial charge < -0.3 is 15.3 Å². The maximum atomic E-state index is 11.5. The van der Waals surface area contributed by atoms with Crippen LogP contribution in [-0.2, 0) is 14.4 Å². The monoisotopic (exact) mass is 269 g/mol. The van der Waals surface area contributed by atoms with E-state index in [0.29, 0.717) is 12.8 Å². The van der Waals surface area contributed by atoms with E-state index >= 15 is 0 Å². The number of carboxylic acids is 2. The maximum absolute atomic E-state index is 11.5. The molecule has 1 rings (SSSR count). The van der Waals surface area contributed by atoms with Gasteiger partial charge in [-0.2, -0.15) is 0 Å². The van der Waals surface area contributed by atoms with E-state index in [1.807, 2.05) is 0 Å². The van der Waals surface area contributed by atoms with Crippen LogP contribution >= 0.6 is 0 Å². The van der Waals surface area contributed by atoms with Crippen molar-refractivity contribution in [3.8, 4) is 0 Å². The summed E-state index contributed by atoms with van der Waals surface area (Å²) in [4.78, 5) is 36.5. The Morgan fingerprint density at radius 2 is 2.00 bits per heavy atom. The number of aliphatic carboxylic acids is 2. The molecule has 0 saturated carbocycles. The Morgan fingerprint density at radius 1 is 1.32 bits per heavy atom. The molecule has 0 radical (unpaired) electrons. The van der Waals surface area contributed by atoms with Crippen LogP contribution in [0.15, 0.2) is 16.3 Å². The smallest absolute Gasteiger partial charge is 0.328 e. The molecule has 19 heavy (non-hydrogen) atoms. The fourth-order valence-corrected chi connectivity index (χ4v) is 1.68. The van der Waals surface area contributed by atoms with Crippen LogP contribution in [0.2, 0.25) is 0 Å². The van der Waals surface area contributed by atoms with E-state index in [2.05, 4.69) is 4.99 Å². The van der Waals surface area contributed by atoms with Crippen molar-refractivity contribution in [1.82, 2.24) is 0 Å². The number of ketones is 1. The number of aliphatic hydroxyl groups is 1. The van der Waals surface area contributed by atoms with E-state index in [1.54, 1.807) is 0 Å². The fourth-order valence-electron chi connectivity index (χ4n) is 1.68. The predicted molar refractivity (Wildman–Crippen MR) is 65.3 cm³/mol. The van der Waals surface area contributed by atoms with Crippen molar-refractivity contribution in [3.05, 3.63) is 11.3 Å². The lowest BCUT2D eigenvalue weighted by Crippen LogP contribution is -2.21. The van der Waals surface area contributed by atoms with Crippen molar-refractivity contribution in [2.24, 2.45) is 4.99 Å². The van der Waals surface area contributed by atoms with Crippen molar-refractivity contribution in [3.63, 3.8) is 0 Å². The zero-order valence-electron chi connectivity index (χ0n) is 10.2. The third kappa shape index (κ3) is 4.53. The maximum Gasteiger partial charge on any atom is 0.328 e. The molecule has 0 aromatic carbocycles. The molecule has 0 unspecified atom stereocenters. The van der Waals surface area contributed by atoms with Crippen molar-refractivity contribution in [2.75, 3.05) is 0 Å². The van der Waals surface area contributed by atoms with Gasteiger partial charge in [-0.15, -0.1) is 0 Å². The summed E-state index contributed by atoms with van der Waals surface area (Å²) in [6.45, 7) is 0. The van der Waals surface area contributed by atoms with Gasteiger partial charge in [0.25, 0.3) is 0 Å². The van der Waals surface area contributed by atoms with E-state index in [0.717, 1.165) is 6.21 Å². The lowest BCUT2D eigenvalue weighted by molar-refractivity contribution is -0.139. The summed E-state index contributed by atoms with van der Waals surface area (Å²) < 4.78 is 0. The van der Waals surface area contributed by atoms with Gasteiger partial charge in [-0.25, -0.2) is 4.79 Å². The van der Waals surface area contributed by atoms with Gasteiger partial charge in [0.05, 0.1) is 5.57 Å². The first-order chi connectivity index (χ1) is 8.91. The van der Waals surface area contributed by atoms with E-state index in [9.17, 15) is 19.5 Å². The molecule has 0 saturated heterocycles. The molecule has 0 spiro atoms. The predicted octanol–water partition coefficient (Wildman–Crippen LogP) is 0.940. The number of Topliss-reactive ketones (excluding diaryl/α,β-unsaturated/α-hetero) is 1. The topological polar surface area (TPSA) is 124 Å². The van der Waals surface area contributed by atoms with Crippen LogP contribution in [0.3, 0.4) is 0 Å². The number of aliphatic hydroxyl groups excluding tert-OH is 1. The van der Waals surface area contributed by atoms with E-state index < -0.39 is 18.0 Å². The van der Waals surface area contributed by atoms with Gasteiger partial charge in [-0.1, -0.05) is 0 Å². The van der Waals surface area contributed by atoms with Crippen molar-refractivity contribution in [1.29, 1.82) is 0 Å². The Hall–Kier alpha value is -2.18. The number of hydrogen-bond acceptors (Lipinski definition) is 5. The van der Waals surface area contributed by atoms with Crippen LogP contribution in [0.5, 0.6) is 0 Å². The van der Waals surface area contributed by atoms with Crippen LogP contribution in [0.1, 0.15) is 32.1 Å². The summed E-state index contributed by atoms with van der Waals surface area (Å²) in [5, 5.41) is 26.9. The SMILES string of the molecule is O=C(O)CC[C@H](N=CC1=C(O)CCCC1=O)C(=O)O. The molecular formula is C12H15NO6. The quantitative estimate of drug-likeness (QED) is 0.616. The number of hydrogen-bond donors (Lipinski definition) is 3. The molecular weight excluding hydrogens is 254 g/mol. The summed E-state index contributed by atoms with van der Waals surface area (Å²) in [7, 11) is 0. The van der Waals surface area contributed by atoms with Crippen molar-refractivity contribution < 1.29 is 29.7 Å². The number of aliphatic imine (C=N–C) groups is 1. The average molecular weight is 269 g/mol. The van der Waals surface area contributed by atoms with Gasteiger partial charge in [0.1, 0.15) is 11.8 Å². The highest BCUT2D eigenvalue weighted by molar-refractivity contribution is 6.14. The molecule has 0 aromatic heterocycles. The Labute approximate surface area is 109 Å². The largest absolute Gasteiger partial charge is 0.512 e. The average Bonchev–Trinajstić information content (AvgIpc) is 2.31. The van der Waals surface area contributed by atoms with Gasteiger partial charge in [0, 0.05) is 25.5 Å². The highest BCUT2D eigenvalue weighted by Gasteiger charge is 2.21. The fraction of sp³-hybridized carbons (Fsp3) is 0.500. The number of nitrogens with zero attached hydrogens (tertiary/aromatic N) is 1. The van der Waals surface area contributed by atoms with Gasteiger partial charge >= 0.3 is 11.9 Å². The second-order valence-electron chi connectivity index (χ2n) is 4.20. The highest BCUT2D eigenvalue weighted by atomic mass is 16.4. The summed E-state index contributed by atoms with van der Waals surface area (Å²) in [6, 6.07) is -1.23. The summed E-state index contributed by atoms with van der Waals surface area (Å²) in [5.74, 6) is -2.75. The molecule has 1 atom stereocenters. The number of allylic oxidation sites excluding steroid dienone is 2. The summed E-state index contributed by atoms with van der Waals surface area (Å²) in [5.41, 5.74) is 0.0211. The Morgan fingerprint density at radius 3 is 2.53 bits per heavy atom. The Kier molecular flexibility index (Phi) is 5.23. The van der Waals surface area contributed by atoms with E-state index in [-0.39, 0.29) is 36.4 Å². The van der Waals surface area contributed by atoms with Gasteiger partial charge in [-0.3, -0.25) is 14.6 Å².